The first-order valence-corrected chi connectivity index (χ1v) is 8.34. The molecule has 0 spiro atoms. The Morgan fingerprint density at radius 1 is 1.28 bits per heavy atom. The number of phenolic OH excluding ortho intramolecular Hbond substituents is 1. The van der Waals surface area contributed by atoms with E-state index in [1.165, 1.54) is 28.0 Å². The minimum Gasteiger partial charge on any atom is -0.507 e. The van der Waals surface area contributed by atoms with Crippen LogP contribution in [0, 0.1) is 5.82 Å². The molecule has 0 fully saturated rings. The second-order valence-corrected chi connectivity index (χ2v) is 6.64. The van der Waals surface area contributed by atoms with Crippen LogP contribution in [0.3, 0.4) is 0 Å². The van der Waals surface area contributed by atoms with Gasteiger partial charge in [-0.15, -0.1) is 11.3 Å². The van der Waals surface area contributed by atoms with Gasteiger partial charge in [-0.25, -0.2) is 9.37 Å². The normalized spacial score (nSPS) is 11.3. The number of aromatic hydroxyl groups is 1. The zero-order valence-electron chi connectivity index (χ0n) is 12.4. The van der Waals surface area contributed by atoms with E-state index in [4.69, 9.17) is 11.6 Å². The summed E-state index contributed by atoms with van der Waals surface area (Å²) in [4.78, 5) is 29.5. The molecule has 4 rings (SSSR count). The number of benzene rings is 1. The number of hydrogen-bond acceptors (Lipinski definition) is 5. The summed E-state index contributed by atoms with van der Waals surface area (Å²) in [5.41, 5.74) is 0.221. The summed E-state index contributed by atoms with van der Waals surface area (Å²) in [6, 6.07) is 6.12. The maximum Gasteiger partial charge on any atom is 0.275 e. The van der Waals surface area contributed by atoms with E-state index in [0.717, 1.165) is 18.2 Å². The van der Waals surface area contributed by atoms with Crippen LogP contribution in [0.5, 0.6) is 5.75 Å². The summed E-state index contributed by atoms with van der Waals surface area (Å²) >= 11 is 7.43. The van der Waals surface area contributed by atoms with Gasteiger partial charge in [-0.1, -0.05) is 11.6 Å². The number of halogens is 2. The molecule has 0 amide bonds. The fourth-order valence-electron chi connectivity index (χ4n) is 2.56. The number of carbonyl (C=O) groups is 1. The molecule has 0 saturated heterocycles. The van der Waals surface area contributed by atoms with Gasteiger partial charge in [0.25, 0.3) is 5.56 Å². The predicted molar refractivity (Wildman–Crippen MR) is 93.4 cm³/mol. The first-order chi connectivity index (χ1) is 12.0. The molecular weight excluding hydrogens is 367 g/mol. The number of carbonyl (C=O) groups excluding carboxylic acids is 1. The Morgan fingerprint density at radius 2 is 2.08 bits per heavy atom. The molecule has 3 aromatic heterocycles. The van der Waals surface area contributed by atoms with E-state index >= 15 is 0 Å². The molecule has 0 aliphatic heterocycles. The molecular formula is C17H8ClFN2O3S. The molecule has 124 valence electrons. The van der Waals surface area contributed by atoms with E-state index in [1.807, 2.05) is 0 Å². The van der Waals surface area contributed by atoms with E-state index in [-0.39, 0.29) is 33.1 Å². The average molecular weight is 375 g/mol. The Morgan fingerprint density at radius 3 is 2.88 bits per heavy atom. The second-order valence-electron chi connectivity index (χ2n) is 5.31. The molecule has 0 saturated carbocycles. The first-order valence-electron chi connectivity index (χ1n) is 7.08. The van der Waals surface area contributed by atoms with Crippen molar-refractivity contribution in [3.05, 3.63) is 74.2 Å². The maximum absolute atomic E-state index is 13.4. The topological polar surface area (TPSA) is 71.7 Å². The molecule has 0 aliphatic carbocycles. The number of fused-ring (bicyclic) bond motifs is 2. The Hall–Kier alpha value is -2.77. The molecule has 0 atom stereocenters. The smallest absolute Gasteiger partial charge is 0.275 e. The molecule has 25 heavy (non-hydrogen) atoms. The van der Waals surface area contributed by atoms with Crippen molar-refractivity contribution in [2.75, 3.05) is 0 Å². The number of ketones is 1. The summed E-state index contributed by atoms with van der Waals surface area (Å²) in [6.07, 6.45) is 1.29. The third kappa shape index (κ3) is 2.48. The summed E-state index contributed by atoms with van der Waals surface area (Å²) in [6.45, 7) is 0. The van der Waals surface area contributed by atoms with Crippen LogP contribution in [-0.4, -0.2) is 20.3 Å². The van der Waals surface area contributed by atoms with Crippen molar-refractivity contribution < 1.29 is 14.3 Å². The molecule has 5 nitrogen and oxygen atoms in total. The minimum atomic E-state index is -0.660. The third-order valence-corrected chi connectivity index (χ3v) is 4.91. The number of nitrogens with zero attached hydrogens (tertiary/aromatic N) is 2. The Bertz CT molecular complexity index is 1230. The average Bonchev–Trinajstić information content (AvgIpc) is 3.06. The summed E-state index contributed by atoms with van der Waals surface area (Å²) < 4.78 is 15.0. The van der Waals surface area contributed by atoms with Crippen molar-refractivity contribution in [2.45, 2.75) is 0 Å². The van der Waals surface area contributed by atoms with Crippen LogP contribution in [0.1, 0.15) is 15.9 Å². The van der Waals surface area contributed by atoms with E-state index in [9.17, 15) is 19.1 Å². The van der Waals surface area contributed by atoms with Crippen molar-refractivity contribution in [3.8, 4) is 5.75 Å². The number of aromatic nitrogens is 2. The zero-order chi connectivity index (χ0) is 17.7. The van der Waals surface area contributed by atoms with Crippen LogP contribution in [0.25, 0.3) is 15.9 Å². The SMILES string of the molecule is O=C(c1cc(Cl)c2nc3ccsc3c(=O)n2c1)c1cc(F)ccc1O. The van der Waals surface area contributed by atoms with Crippen molar-refractivity contribution in [3.63, 3.8) is 0 Å². The number of rotatable bonds is 2. The van der Waals surface area contributed by atoms with Crippen molar-refractivity contribution >= 4 is 44.6 Å². The fourth-order valence-corrected chi connectivity index (χ4v) is 3.58. The molecule has 0 aliphatic rings. The molecule has 1 N–H and O–H groups in total. The predicted octanol–water partition coefficient (Wildman–Crippen LogP) is 3.64. The highest BCUT2D eigenvalue weighted by Crippen LogP contribution is 2.25. The summed E-state index contributed by atoms with van der Waals surface area (Å²) in [5.74, 6) is -1.67. The third-order valence-electron chi connectivity index (χ3n) is 3.74. The molecule has 1 aromatic carbocycles. The van der Waals surface area contributed by atoms with Crippen LogP contribution < -0.4 is 5.56 Å². The molecule has 4 aromatic rings. The van der Waals surface area contributed by atoms with E-state index < -0.39 is 11.6 Å². The van der Waals surface area contributed by atoms with Gasteiger partial charge in [-0.2, -0.15) is 0 Å². The van der Waals surface area contributed by atoms with Gasteiger partial charge in [0.1, 0.15) is 16.3 Å². The van der Waals surface area contributed by atoms with Gasteiger partial charge in [-0.3, -0.25) is 14.0 Å². The van der Waals surface area contributed by atoms with Crippen LogP contribution in [0.4, 0.5) is 4.39 Å². The van der Waals surface area contributed by atoms with Crippen molar-refractivity contribution in [2.24, 2.45) is 0 Å². The number of phenols is 1. The highest BCUT2D eigenvalue weighted by Gasteiger charge is 2.18. The van der Waals surface area contributed by atoms with Crippen molar-refractivity contribution in [1.29, 1.82) is 0 Å². The molecule has 0 unspecified atom stereocenters. The van der Waals surface area contributed by atoms with E-state index in [1.54, 1.807) is 11.4 Å². The van der Waals surface area contributed by atoms with Crippen LogP contribution >= 0.6 is 22.9 Å². The zero-order valence-corrected chi connectivity index (χ0v) is 13.9. The minimum absolute atomic E-state index is 0.0400. The second kappa shape index (κ2) is 5.65. The van der Waals surface area contributed by atoms with E-state index in [2.05, 4.69) is 4.98 Å². The Kier molecular flexibility index (Phi) is 3.55. The highest BCUT2D eigenvalue weighted by molar-refractivity contribution is 7.17. The lowest BCUT2D eigenvalue weighted by molar-refractivity contribution is 0.103. The number of thiophene rings is 1. The maximum atomic E-state index is 13.4. The lowest BCUT2D eigenvalue weighted by atomic mass is 10.0. The lowest BCUT2D eigenvalue weighted by Crippen LogP contribution is -2.16. The highest BCUT2D eigenvalue weighted by atomic mass is 35.5. The molecule has 0 radical (unpaired) electrons. The molecule has 0 bridgehead atoms. The van der Waals surface area contributed by atoms with E-state index in [0.29, 0.717) is 10.2 Å². The Balaban J connectivity index is 1.98. The van der Waals surface area contributed by atoms with Crippen LogP contribution in [0.15, 0.2) is 46.7 Å². The monoisotopic (exact) mass is 374 g/mol. The molecule has 8 heteroatoms. The largest absolute Gasteiger partial charge is 0.507 e. The molecule has 3 heterocycles. The van der Waals surface area contributed by atoms with Gasteiger partial charge in [0.15, 0.2) is 11.4 Å². The standard InChI is InChI=1S/C17H8ClFN2O3S/c18-11-5-8(14(23)10-6-9(19)1-2-13(10)22)7-21-16(11)20-12-3-4-25-15(12)17(21)24/h1-7,22H. The summed E-state index contributed by atoms with van der Waals surface area (Å²) in [5, 5.41) is 11.7. The van der Waals surface area contributed by atoms with Gasteiger partial charge >= 0.3 is 0 Å². The number of pyridine rings is 1. The van der Waals surface area contributed by atoms with Crippen LogP contribution in [-0.2, 0) is 0 Å². The van der Waals surface area contributed by atoms with Gasteiger partial charge in [0, 0.05) is 11.8 Å². The van der Waals surface area contributed by atoms with Gasteiger partial charge in [-0.05, 0) is 35.7 Å². The van der Waals surface area contributed by atoms with Gasteiger partial charge in [0.05, 0.1) is 16.1 Å². The number of hydrogen-bond donors (Lipinski definition) is 1. The Labute approximate surface area is 148 Å². The quantitative estimate of drug-likeness (QED) is 0.544. The summed E-state index contributed by atoms with van der Waals surface area (Å²) in [7, 11) is 0. The fraction of sp³-hybridized carbons (Fsp3) is 0. The van der Waals surface area contributed by atoms with Gasteiger partial charge < -0.3 is 5.11 Å². The van der Waals surface area contributed by atoms with Crippen molar-refractivity contribution in [1.82, 2.24) is 9.38 Å². The van der Waals surface area contributed by atoms with Gasteiger partial charge in [0.2, 0.25) is 0 Å². The lowest BCUT2D eigenvalue weighted by Gasteiger charge is -2.08. The first kappa shape index (κ1) is 15.7. The van der Waals surface area contributed by atoms with Crippen LogP contribution in [0.2, 0.25) is 5.02 Å².